The predicted molar refractivity (Wildman–Crippen MR) is 53.3 cm³/mol. The molecule has 4 N–H and O–H groups in total. The van der Waals surface area contributed by atoms with Crippen LogP contribution in [0.15, 0.2) is 0 Å². The lowest BCUT2D eigenvalue weighted by atomic mass is 10.1. The Hall–Kier alpha value is -1.30. The number of hydrogen-bond acceptors (Lipinski definition) is 3. The van der Waals surface area contributed by atoms with Crippen LogP contribution in [-0.2, 0) is 14.4 Å². The first-order valence-electron chi connectivity index (χ1n) is 4.30. The fraction of sp³-hybridized carbons (Fsp3) is 0.625. The molecule has 0 bridgehead atoms. The van der Waals surface area contributed by atoms with Crippen molar-refractivity contribution in [3.63, 3.8) is 0 Å². The largest absolute Gasteiger partial charge is 0.480 e. The molecular weight excluding hydrogens is 224 g/mol. The number of alkyl halides is 1. The van der Waals surface area contributed by atoms with Gasteiger partial charge in [0.1, 0.15) is 11.4 Å². The van der Waals surface area contributed by atoms with Crippen molar-refractivity contribution in [3.8, 4) is 0 Å². The first-order chi connectivity index (χ1) is 6.84. The van der Waals surface area contributed by atoms with E-state index in [2.05, 4.69) is 5.32 Å². The molecule has 0 fully saturated rings. The van der Waals surface area contributed by atoms with Gasteiger partial charge in [-0.1, -0.05) is 0 Å². The number of amides is 2. The minimum Gasteiger partial charge on any atom is -0.480 e. The summed E-state index contributed by atoms with van der Waals surface area (Å²) in [4.78, 5) is 32.2. The van der Waals surface area contributed by atoms with Crippen LogP contribution in [0, 0.1) is 0 Å². The summed E-state index contributed by atoms with van der Waals surface area (Å²) in [5, 5.41) is 10.1. The molecule has 2 atom stereocenters. The third-order valence-electron chi connectivity index (χ3n) is 1.66. The van der Waals surface area contributed by atoms with Crippen molar-refractivity contribution >= 4 is 29.4 Å². The van der Waals surface area contributed by atoms with E-state index in [1.807, 2.05) is 0 Å². The van der Waals surface area contributed by atoms with Crippen LogP contribution in [0.1, 0.15) is 19.8 Å². The van der Waals surface area contributed by atoms with Crippen molar-refractivity contribution in [3.05, 3.63) is 0 Å². The van der Waals surface area contributed by atoms with Gasteiger partial charge < -0.3 is 16.2 Å². The Morgan fingerprint density at radius 3 is 2.33 bits per heavy atom. The Bertz CT molecular complexity index is 267. The first kappa shape index (κ1) is 13.7. The lowest BCUT2D eigenvalue weighted by molar-refractivity contribution is -0.142. The van der Waals surface area contributed by atoms with E-state index in [0.717, 1.165) is 0 Å². The molecule has 6 nitrogen and oxygen atoms in total. The Morgan fingerprint density at radius 1 is 1.47 bits per heavy atom. The molecule has 2 unspecified atom stereocenters. The average molecular weight is 237 g/mol. The molecule has 0 saturated heterocycles. The Morgan fingerprint density at radius 2 is 2.00 bits per heavy atom. The molecule has 15 heavy (non-hydrogen) atoms. The van der Waals surface area contributed by atoms with Crippen molar-refractivity contribution in [2.75, 3.05) is 0 Å². The van der Waals surface area contributed by atoms with Crippen LogP contribution in [-0.4, -0.2) is 34.3 Å². The number of carbonyl (C=O) groups is 3. The summed E-state index contributed by atoms with van der Waals surface area (Å²) in [5.41, 5.74) is 4.86. The van der Waals surface area contributed by atoms with Crippen molar-refractivity contribution in [1.82, 2.24) is 5.32 Å². The molecule has 0 heterocycles. The maximum absolute atomic E-state index is 11.1. The molecule has 0 radical (unpaired) electrons. The molecule has 0 aromatic heterocycles. The van der Waals surface area contributed by atoms with Crippen LogP contribution in [0.5, 0.6) is 0 Å². The number of primary amides is 1. The third kappa shape index (κ3) is 5.90. The number of halogens is 1. The minimum absolute atomic E-state index is 0.0417. The van der Waals surface area contributed by atoms with Gasteiger partial charge in [-0.25, -0.2) is 4.79 Å². The predicted octanol–water partition coefficient (Wildman–Crippen LogP) is -0.551. The van der Waals surface area contributed by atoms with Crippen LogP contribution < -0.4 is 11.1 Å². The van der Waals surface area contributed by atoms with Crippen LogP contribution in [0.25, 0.3) is 0 Å². The van der Waals surface area contributed by atoms with Gasteiger partial charge in [0.05, 0.1) is 0 Å². The van der Waals surface area contributed by atoms with E-state index >= 15 is 0 Å². The maximum Gasteiger partial charge on any atom is 0.326 e. The molecule has 0 rings (SSSR count). The van der Waals surface area contributed by atoms with Gasteiger partial charge in [-0.05, 0) is 13.3 Å². The van der Waals surface area contributed by atoms with Crippen LogP contribution in [0.4, 0.5) is 0 Å². The van der Waals surface area contributed by atoms with Crippen molar-refractivity contribution in [2.45, 2.75) is 31.2 Å². The number of carbonyl (C=O) groups excluding carboxylic acids is 2. The molecule has 0 aromatic carbocycles. The summed E-state index contributed by atoms with van der Waals surface area (Å²) in [7, 11) is 0. The second-order valence-electron chi connectivity index (χ2n) is 3.02. The van der Waals surface area contributed by atoms with Gasteiger partial charge in [0.2, 0.25) is 11.8 Å². The van der Waals surface area contributed by atoms with Gasteiger partial charge in [0.25, 0.3) is 0 Å². The van der Waals surface area contributed by atoms with E-state index in [1.54, 1.807) is 0 Å². The number of nitrogens with two attached hydrogens (primary N) is 1. The highest BCUT2D eigenvalue weighted by Gasteiger charge is 2.22. The van der Waals surface area contributed by atoms with Crippen LogP contribution >= 0.6 is 11.6 Å². The van der Waals surface area contributed by atoms with Crippen LogP contribution in [0.3, 0.4) is 0 Å². The monoisotopic (exact) mass is 236 g/mol. The zero-order chi connectivity index (χ0) is 12.0. The smallest absolute Gasteiger partial charge is 0.326 e. The Labute approximate surface area is 91.8 Å². The maximum atomic E-state index is 11.1. The molecular formula is C8H13ClN2O4. The summed E-state index contributed by atoms with van der Waals surface area (Å²) < 4.78 is 0. The number of aliphatic carboxylic acids is 1. The van der Waals surface area contributed by atoms with Gasteiger partial charge in [0, 0.05) is 6.42 Å². The van der Waals surface area contributed by atoms with E-state index in [0.29, 0.717) is 0 Å². The number of rotatable bonds is 6. The zero-order valence-corrected chi connectivity index (χ0v) is 8.95. The normalized spacial score (nSPS) is 14.0. The second kappa shape index (κ2) is 6.23. The highest BCUT2D eigenvalue weighted by atomic mass is 35.5. The molecule has 0 aliphatic heterocycles. The summed E-state index contributed by atoms with van der Waals surface area (Å²) in [5.74, 6) is -2.43. The van der Waals surface area contributed by atoms with Crippen LogP contribution in [0.2, 0.25) is 0 Å². The van der Waals surface area contributed by atoms with Gasteiger partial charge >= 0.3 is 5.97 Å². The molecule has 86 valence electrons. The highest BCUT2D eigenvalue weighted by Crippen LogP contribution is 2.00. The summed E-state index contributed by atoms with van der Waals surface area (Å²) in [6.07, 6.45) is -0.145. The van der Waals surface area contributed by atoms with Gasteiger partial charge in [-0.2, -0.15) is 0 Å². The molecule has 2 amide bonds. The van der Waals surface area contributed by atoms with Gasteiger partial charge in [-0.15, -0.1) is 11.6 Å². The standard InChI is InChI=1S/C8H13ClN2O4/c1-4(9)7(13)11-5(8(14)15)2-3-6(10)12/h4-5H,2-3H2,1H3,(H2,10,12)(H,11,13)(H,14,15). The molecule has 0 aliphatic rings. The Balaban J connectivity index is 4.22. The molecule has 0 saturated carbocycles. The van der Waals surface area contributed by atoms with Crippen molar-refractivity contribution in [1.29, 1.82) is 0 Å². The van der Waals surface area contributed by atoms with Gasteiger partial charge in [-0.3, -0.25) is 9.59 Å². The third-order valence-corrected chi connectivity index (χ3v) is 1.85. The summed E-state index contributed by atoms with van der Waals surface area (Å²) >= 11 is 5.44. The topological polar surface area (TPSA) is 109 Å². The second-order valence-corrected chi connectivity index (χ2v) is 3.68. The number of carboxylic acids is 1. The first-order valence-corrected chi connectivity index (χ1v) is 4.73. The van der Waals surface area contributed by atoms with Crippen molar-refractivity contribution < 1.29 is 19.5 Å². The summed E-state index contributed by atoms with van der Waals surface area (Å²) in [6, 6.07) is -1.13. The number of carboxylic acid groups (broad SMARTS) is 1. The number of nitrogens with one attached hydrogen (secondary N) is 1. The van der Waals surface area contributed by atoms with E-state index < -0.39 is 29.2 Å². The molecule has 7 heteroatoms. The Kier molecular flexibility index (Phi) is 5.69. The van der Waals surface area contributed by atoms with E-state index in [-0.39, 0.29) is 12.8 Å². The zero-order valence-electron chi connectivity index (χ0n) is 8.20. The highest BCUT2D eigenvalue weighted by molar-refractivity contribution is 6.30. The molecule has 0 spiro atoms. The summed E-state index contributed by atoms with van der Waals surface area (Å²) in [6.45, 7) is 1.42. The SMILES string of the molecule is CC(Cl)C(=O)NC(CCC(N)=O)C(=O)O. The lowest BCUT2D eigenvalue weighted by Crippen LogP contribution is -2.44. The van der Waals surface area contributed by atoms with Crippen molar-refractivity contribution in [2.24, 2.45) is 5.73 Å². The van der Waals surface area contributed by atoms with E-state index in [4.69, 9.17) is 22.4 Å². The van der Waals surface area contributed by atoms with E-state index in [9.17, 15) is 14.4 Å². The average Bonchev–Trinajstić information content (AvgIpc) is 2.10. The fourth-order valence-electron chi connectivity index (χ4n) is 0.831. The van der Waals surface area contributed by atoms with E-state index in [1.165, 1.54) is 6.92 Å². The molecule has 0 aliphatic carbocycles. The quantitative estimate of drug-likeness (QED) is 0.538. The minimum atomic E-state index is -1.22. The fourth-order valence-corrected chi connectivity index (χ4v) is 0.894. The molecule has 0 aromatic rings. The van der Waals surface area contributed by atoms with Gasteiger partial charge in [0.15, 0.2) is 0 Å². The lowest BCUT2D eigenvalue weighted by Gasteiger charge is -2.14. The number of hydrogen-bond donors (Lipinski definition) is 3.